The standard InChI is InChI=1S/C20H26N2O.ClH/c1-14-6-5-7-16(12-14)19(20(2,3)4)22-18(23)13-15-8-10-17(21)11-9-15;/h5-12,19H,13,21H2,1-4H3,(H,22,23);1H. The molecule has 3 N–H and O–H groups in total. The number of carbonyl (C=O) groups excluding carboxylic acids is 1. The summed E-state index contributed by atoms with van der Waals surface area (Å²) in [5, 5.41) is 3.19. The molecule has 1 atom stereocenters. The Morgan fingerprint density at radius 1 is 1.12 bits per heavy atom. The van der Waals surface area contributed by atoms with Crippen LogP contribution in [-0.2, 0) is 11.2 Å². The van der Waals surface area contributed by atoms with Crippen molar-refractivity contribution in [3.05, 3.63) is 65.2 Å². The summed E-state index contributed by atoms with van der Waals surface area (Å²) in [6.45, 7) is 8.50. The van der Waals surface area contributed by atoms with Crippen LogP contribution in [0.15, 0.2) is 48.5 Å². The summed E-state index contributed by atoms with van der Waals surface area (Å²) in [5.41, 5.74) is 9.64. The summed E-state index contributed by atoms with van der Waals surface area (Å²) in [7, 11) is 0. The van der Waals surface area contributed by atoms with Crippen molar-refractivity contribution >= 4 is 24.0 Å². The molecule has 1 unspecified atom stereocenters. The van der Waals surface area contributed by atoms with Gasteiger partial charge in [-0.15, -0.1) is 12.4 Å². The lowest BCUT2D eigenvalue weighted by atomic mass is 9.82. The maximum absolute atomic E-state index is 12.5. The van der Waals surface area contributed by atoms with Gasteiger partial charge >= 0.3 is 0 Å². The minimum Gasteiger partial charge on any atom is -0.399 e. The molecule has 0 aromatic heterocycles. The summed E-state index contributed by atoms with van der Waals surface area (Å²) in [6.07, 6.45) is 0.360. The predicted molar refractivity (Wildman–Crippen MR) is 103 cm³/mol. The average Bonchev–Trinajstić information content (AvgIpc) is 2.46. The number of hydrogen-bond donors (Lipinski definition) is 2. The molecule has 130 valence electrons. The van der Waals surface area contributed by atoms with Crippen molar-refractivity contribution < 1.29 is 4.79 Å². The van der Waals surface area contributed by atoms with E-state index in [1.807, 2.05) is 30.3 Å². The monoisotopic (exact) mass is 346 g/mol. The molecule has 0 aliphatic rings. The zero-order valence-corrected chi connectivity index (χ0v) is 15.6. The smallest absolute Gasteiger partial charge is 0.224 e. The Bertz CT molecular complexity index is 675. The molecule has 2 rings (SSSR count). The fraction of sp³-hybridized carbons (Fsp3) is 0.350. The van der Waals surface area contributed by atoms with Gasteiger partial charge in [-0.3, -0.25) is 4.79 Å². The van der Waals surface area contributed by atoms with Gasteiger partial charge in [0.15, 0.2) is 0 Å². The minimum absolute atomic E-state index is 0. The zero-order chi connectivity index (χ0) is 17.0. The third-order valence-electron chi connectivity index (χ3n) is 3.89. The number of benzene rings is 2. The van der Waals surface area contributed by atoms with E-state index in [4.69, 9.17) is 5.73 Å². The first-order chi connectivity index (χ1) is 10.8. The Kier molecular flexibility index (Phi) is 6.85. The molecule has 0 aliphatic carbocycles. The molecule has 0 saturated carbocycles. The van der Waals surface area contributed by atoms with Crippen LogP contribution < -0.4 is 11.1 Å². The second kappa shape index (κ2) is 8.20. The van der Waals surface area contributed by atoms with Crippen LogP contribution in [0.2, 0.25) is 0 Å². The molecule has 0 radical (unpaired) electrons. The SMILES string of the molecule is Cc1cccc(C(NC(=O)Cc2ccc(N)cc2)C(C)(C)C)c1.Cl. The Morgan fingerprint density at radius 3 is 2.29 bits per heavy atom. The normalized spacial score (nSPS) is 12.2. The molecule has 1 amide bonds. The highest BCUT2D eigenvalue weighted by Crippen LogP contribution is 2.33. The summed E-state index contributed by atoms with van der Waals surface area (Å²) in [5.74, 6) is 0.0243. The van der Waals surface area contributed by atoms with E-state index in [-0.39, 0.29) is 29.8 Å². The number of halogens is 1. The van der Waals surface area contributed by atoms with Gasteiger partial charge in [0.25, 0.3) is 0 Å². The van der Waals surface area contributed by atoms with E-state index in [1.54, 1.807) is 0 Å². The molecule has 0 spiro atoms. The van der Waals surface area contributed by atoms with E-state index in [9.17, 15) is 4.79 Å². The molecular weight excluding hydrogens is 320 g/mol. The molecule has 4 heteroatoms. The number of anilines is 1. The maximum atomic E-state index is 12.5. The minimum atomic E-state index is -0.0649. The molecule has 0 fully saturated rings. The Balaban J connectivity index is 0.00000288. The lowest BCUT2D eigenvalue weighted by Crippen LogP contribution is -2.37. The number of rotatable bonds is 4. The molecule has 0 saturated heterocycles. The van der Waals surface area contributed by atoms with E-state index in [2.05, 4.69) is 51.2 Å². The highest BCUT2D eigenvalue weighted by atomic mass is 35.5. The van der Waals surface area contributed by atoms with Crippen LogP contribution in [0.3, 0.4) is 0 Å². The Hall–Kier alpha value is -2.00. The number of nitrogen functional groups attached to an aromatic ring is 1. The lowest BCUT2D eigenvalue weighted by Gasteiger charge is -2.32. The van der Waals surface area contributed by atoms with Crippen molar-refractivity contribution in [2.75, 3.05) is 5.73 Å². The van der Waals surface area contributed by atoms with Gasteiger partial charge in [0, 0.05) is 5.69 Å². The zero-order valence-electron chi connectivity index (χ0n) is 14.8. The van der Waals surface area contributed by atoms with Crippen molar-refractivity contribution in [2.24, 2.45) is 5.41 Å². The first-order valence-electron chi connectivity index (χ1n) is 7.96. The fourth-order valence-electron chi connectivity index (χ4n) is 2.68. The van der Waals surface area contributed by atoms with Crippen molar-refractivity contribution in [2.45, 2.75) is 40.2 Å². The molecule has 0 aliphatic heterocycles. The largest absolute Gasteiger partial charge is 0.399 e. The summed E-state index contributed by atoms with van der Waals surface area (Å²) < 4.78 is 0. The van der Waals surface area contributed by atoms with Crippen molar-refractivity contribution in [3.8, 4) is 0 Å². The van der Waals surface area contributed by atoms with Gasteiger partial charge in [-0.25, -0.2) is 0 Å². The number of carbonyl (C=O) groups is 1. The predicted octanol–water partition coefficient (Wildman–Crippen LogP) is 4.45. The number of nitrogens with two attached hydrogens (primary N) is 1. The average molecular weight is 347 g/mol. The highest BCUT2D eigenvalue weighted by Gasteiger charge is 2.27. The second-order valence-corrected chi connectivity index (χ2v) is 7.20. The van der Waals surface area contributed by atoms with Crippen LogP contribution in [-0.4, -0.2) is 5.91 Å². The molecule has 0 bridgehead atoms. The molecule has 2 aromatic carbocycles. The first-order valence-corrected chi connectivity index (χ1v) is 7.96. The van der Waals surface area contributed by atoms with E-state index in [0.29, 0.717) is 12.1 Å². The van der Waals surface area contributed by atoms with Gasteiger partial charge in [0.2, 0.25) is 5.91 Å². The maximum Gasteiger partial charge on any atom is 0.224 e. The van der Waals surface area contributed by atoms with Gasteiger partial charge < -0.3 is 11.1 Å². The van der Waals surface area contributed by atoms with Crippen LogP contribution in [0.1, 0.15) is 43.5 Å². The van der Waals surface area contributed by atoms with Gasteiger partial charge in [-0.2, -0.15) is 0 Å². The van der Waals surface area contributed by atoms with Crippen LogP contribution in [0.4, 0.5) is 5.69 Å². The van der Waals surface area contributed by atoms with Gasteiger partial charge in [-0.05, 0) is 35.6 Å². The highest BCUT2D eigenvalue weighted by molar-refractivity contribution is 5.85. The fourth-order valence-corrected chi connectivity index (χ4v) is 2.68. The molecule has 0 heterocycles. The topological polar surface area (TPSA) is 55.1 Å². The van der Waals surface area contributed by atoms with Gasteiger partial charge in [-0.1, -0.05) is 62.7 Å². The van der Waals surface area contributed by atoms with E-state index in [1.165, 1.54) is 5.56 Å². The van der Waals surface area contributed by atoms with E-state index in [0.717, 1.165) is 11.1 Å². The molecule has 2 aromatic rings. The Labute approximate surface area is 151 Å². The van der Waals surface area contributed by atoms with Crippen LogP contribution in [0.25, 0.3) is 0 Å². The van der Waals surface area contributed by atoms with Crippen molar-refractivity contribution in [1.29, 1.82) is 0 Å². The summed E-state index contributed by atoms with van der Waals surface area (Å²) in [6, 6.07) is 15.7. The number of aryl methyl sites for hydroxylation is 1. The third kappa shape index (κ3) is 5.57. The van der Waals surface area contributed by atoms with Crippen LogP contribution in [0, 0.1) is 12.3 Å². The number of hydrogen-bond acceptors (Lipinski definition) is 2. The Morgan fingerprint density at radius 2 is 1.75 bits per heavy atom. The lowest BCUT2D eigenvalue weighted by molar-refractivity contribution is -0.122. The summed E-state index contributed by atoms with van der Waals surface area (Å²) in [4.78, 5) is 12.5. The number of nitrogens with one attached hydrogen (secondary N) is 1. The molecule has 24 heavy (non-hydrogen) atoms. The molecular formula is C20H27ClN2O. The summed E-state index contributed by atoms with van der Waals surface area (Å²) >= 11 is 0. The van der Waals surface area contributed by atoms with E-state index >= 15 is 0 Å². The van der Waals surface area contributed by atoms with Crippen LogP contribution in [0.5, 0.6) is 0 Å². The first kappa shape index (κ1) is 20.0. The van der Waals surface area contributed by atoms with Gasteiger partial charge in [0.1, 0.15) is 0 Å². The van der Waals surface area contributed by atoms with Crippen LogP contribution >= 0.6 is 12.4 Å². The van der Waals surface area contributed by atoms with E-state index < -0.39 is 0 Å². The quantitative estimate of drug-likeness (QED) is 0.804. The second-order valence-electron chi connectivity index (χ2n) is 7.20. The van der Waals surface area contributed by atoms with Crippen molar-refractivity contribution in [3.63, 3.8) is 0 Å². The van der Waals surface area contributed by atoms with Crippen molar-refractivity contribution in [1.82, 2.24) is 5.32 Å². The molecule has 3 nitrogen and oxygen atoms in total. The third-order valence-corrected chi connectivity index (χ3v) is 3.89. The van der Waals surface area contributed by atoms with Gasteiger partial charge in [0.05, 0.1) is 12.5 Å². The number of amides is 1.